The second kappa shape index (κ2) is 9.11. The van der Waals surface area contributed by atoms with Gasteiger partial charge < -0.3 is 16.0 Å². The number of carbonyl (C=O) groups excluding carboxylic acids is 2. The van der Waals surface area contributed by atoms with Gasteiger partial charge in [0.15, 0.2) is 0 Å². The Morgan fingerprint density at radius 2 is 2.00 bits per heavy atom. The summed E-state index contributed by atoms with van der Waals surface area (Å²) in [7, 11) is 0. The van der Waals surface area contributed by atoms with Crippen molar-refractivity contribution in [2.45, 2.75) is 52.0 Å². The van der Waals surface area contributed by atoms with E-state index in [2.05, 4.69) is 22.9 Å². The van der Waals surface area contributed by atoms with Crippen molar-refractivity contribution in [1.29, 1.82) is 0 Å². The summed E-state index contributed by atoms with van der Waals surface area (Å²) >= 11 is 1.89. The van der Waals surface area contributed by atoms with E-state index >= 15 is 0 Å². The van der Waals surface area contributed by atoms with Crippen LogP contribution in [0.5, 0.6) is 0 Å². The molecule has 0 radical (unpaired) electrons. The minimum Gasteiger partial charge on any atom is -0.355 e. The zero-order valence-electron chi connectivity index (χ0n) is 16.4. The average molecular weight is 390 g/mol. The number of aryl methyl sites for hydroxylation is 2. The van der Waals surface area contributed by atoms with Crippen LogP contribution >= 0.6 is 11.8 Å². The summed E-state index contributed by atoms with van der Waals surface area (Å²) in [5.74, 6) is 2.17. The third-order valence-corrected chi connectivity index (χ3v) is 6.99. The van der Waals surface area contributed by atoms with Crippen LogP contribution in [0.2, 0.25) is 0 Å². The van der Waals surface area contributed by atoms with E-state index in [-0.39, 0.29) is 17.9 Å². The van der Waals surface area contributed by atoms with Gasteiger partial charge in [-0.2, -0.15) is 11.8 Å². The van der Waals surface area contributed by atoms with Crippen molar-refractivity contribution in [3.63, 3.8) is 0 Å². The fourth-order valence-corrected chi connectivity index (χ4v) is 4.88. The summed E-state index contributed by atoms with van der Waals surface area (Å²) in [5.41, 5.74) is 2.73. The van der Waals surface area contributed by atoms with E-state index in [0.29, 0.717) is 13.0 Å². The van der Waals surface area contributed by atoms with Gasteiger partial charge in [-0.3, -0.25) is 9.59 Å². The standard InChI is InChI=1S/C21H31N3O2S/c1-15-5-6-17(11-16(15)2)24-20(26)21(7-3-4-8-21)14-23-19(25)12-18-13-27-10-9-22-18/h5-6,11,18,22H,3-4,7-10,12-14H2,1-2H3,(H,23,25)(H,24,26). The Balaban J connectivity index is 1.58. The van der Waals surface area contributed by atoms with Gasteiger partial charge in [-0.15, -0.1) is 0 Å². The molecule has 2 fully saturated rings. The van der Waals surface area contributed by atoms with Gasteiger partial charge in [-0.05, 0) is 49.9 Å². The van der Waals surface area contributed by atoms with Crippen molar-refractivity contribution >= 4 is 29.3 Å². The summed E-state index contributed by atoms with van der Waals surface area (Å²) in [6, 6.07) is 6.24. The van der Waals surface area contributed by atoms with Crippen LogP contribution in [0.15, 0.2) is 18.2 Å². The molecule has 0 aromatic heterocycles. The van der Waals surface area contributed by atoms with Gasteiger partial charge in [0.05, 0.1) is 5.41 Å². The highest BCUT2D eigenvalue weighted by molar-refractivity contribution is 7.99. The Labute approximate surface area is 166 Å². The van der Waals surface area contributed by atoms with Crippen LogP contribution in [-0.2, 0) is 9.59 Å². The molecule has 27 heavy (non-hydrogen) atoms. The lowest BCUT2D eigenvalue weighted by Crippen LogP contribution is -2.46. The van der Waals surface area contributed by atoms with Crippen LogP contribution in [0, 0.1) is 19.3 Å². The summed E-state index contributed by atoms with van der Waals surface area (Å²) in [4.78, 5) is 25.4. The van der Waals surface area contributed by atoms with Crippen LogP contribution in [0.25, 0.3) is 0 Å². The number of rotatable bonds is 6. The second-order valence-corrected chi connectivity index (χ2v) is 9.10. The maximum absolute atomic E-state index is 13.1. The SMILES string of the molecule is Cc1ccc(NC(=O)C2(CNC(=O)CC3CSCCN3)CCCC2)cc1C. The third kappa shape index (κ3) is 5.26. The highest BCUT2D eigenvalue weighted by Crippen LogP contribution is 2.38. The molecule has 0 bridgehead atoms. The van der Waals surface area contributed by atoms with E-state index in [9.17, 15) is 9.59 Å². The zero-order valence-corrected chi connectivity index (χ0v) is 17.2. The monoisotopic (exact) mass is 389 g/mol. The second-order valence-electron chi connectivity index (χ2n) is 7.95. The normalized spacial score (nSPS) is 21.6. The summed E-state index contributed by atoms with van der Waals surface area (Å²) in [6.45, 7) is 5.51. The van der Waals surface area contributed by atoms with Gasteiger partial charge in [0.25, 0.3) is 0 Å². The molecule has 1 heterocycles. The quantitative estimate of drug-likeness (QED) is 0.699. The molecule has 6 heteroatoms. The Morgan fingerprint density at radius 1 is 1.22 bits per heavy atom. The molecular weight excluding hydrogens is 358 g/mol. The molecule has 1 aromatic carbocycles. The summed E-state index contributed by atoms with van der Waals surface area (Å²) in [5, 5.41) is 9.53. The van der Waals surface area contributed by atoms with Crippen molar-refractivity contribution in [2.24, 2.45) is 5.41 Å². The molecule has 1 aliphatic carbocycles. The van der Waals surface area contributed by atoms with Crippen LogP contribution in [-0.4, -0.2) is 42.5 Å². The number of thioether (sulfide) groups is 1. The number of benzene rings is 1. The maximum atomic E-state index is 13.1. The Hall–Kier alpha value is -1.53. The molecule has 0 spiro atoms. The molecule has 5 nitrogen and oxygen atoms in total. The minimum atomic E-state index is -0.483. The van der Waals surface area contributed by atoms with Gasteiger partial charge in [0.1, 0.15) is 0 Å². The average Bonchev–Trinajstić information content (AvgIpc) is 3.14. The van der Waals surface area contributed by atoms with Crippen molar-refractivity contribution in [2.75, 3.05) is 29.9 Å². The van der Waals surface area contributed by atoms with E-state index in [1.165, 1.54) is 11.1 Å². The number of nitrogens with one attached hydrogen (secondary N) is 3. The van der Waals surface area contributed by atoms with Crippen molar-refractivity contribution < 1.29 is 9.59 Å². The fourth-order valence-electron chi connectivity index (χ4n) is 3.93. The highest BCUT2D eigenvalue weighted by atomic mass is 32.2. The van der Waals surface area contributed by atoms with E-state index in [1.54, 1.807) is 0 Å². The van der Waals surface area contributed by atoms with E-state index in [0.717, 1.165) is 49.4 Å². The molecule has 3 N–H and O–H groups in total. The molecule has 3 rings (SSSR count). The molecule has 2 amide bonds. The smallest absolute Gasteiger partial charge is 0.232 e. The summed E-state index contributed by atoms with van der Waals surface area (Å²) < 4.78 is 0. The molecule has 1 saturated carbocycles. The minimum absolute atomic E-state index is 0.0369. The predicted molar refractivity (Wildman–Crippen MR) is 112 cm³/mol. The van der Waals surface area contributed by atoms with Crippen LogP contribution in [0.4, 0.5) is 5.69 Å². The number of anilines is 1. The molecule has 1 unspecified atom stereocenters. The van der Waals surface area contributed by atoms with Gasteiger partial charge in [-0.1, -0.05) is 18.9 Å². The van der Waals surface area contributed by atoms with Gasteiger partial charge in [0, 0.05) is 42.7 Å². The van der Waals surface area contributed by atoms with E-state index in [1.807, 2.05) is 36.9 Å². The van der Waals surface area contributed by atoms with Gasteiger partial charge >= 0.3 is 0 Å². The lowest BCUT2D eigenvalue weighted by molar-refractivity contribution is -0.126. The summed E-state index contributed by atoms with van der Waals surface area (Å²) in [6.07, 6.45) is 4.24. The highest BCUT2D eigenvalue weighted by Gasteiger charge is 2.41. The molecular formula is C21H31N3O2S. The molecule has 1 aliphatic heterocycles. The first-order valence-electron chi connectivity index (χ1n) is 9.95. The lowest BCUT2D eigenvalue weighted by Gasteiger charge is -2.29. The fraction of sp³-hybridized carbons (Fsp3) is 0.619. The van der Waals surface area contributed by atoms with Gasteiger partial charge in [-0.25, -0.2) is 0 Å². The number of amides is 2. The maximum Gasteiger partial charge on any atom is 0.232 e. The number of carbonyl (C=O) groups is 2. The topological polar surface area (TPSA) is 70.2 Å². The largest absolute Gasteiger partial charge is 0.355 e. The Morgan fingerprint density at radius 3 is 2.67 bits per heavy atom. The Bertz CT molecular complexity index is 680. The first-order valence-corrected chi connectivity index (χ1v) is 11.1. The number of hydrogen-bond acceptors (Lipinski definition) is 4. The van der Waals surface area contributed by atoms with Crippen LogP contribution in [0.1, 0.15) is 43.2 Å². The molecule has 1 aromatic rings. The van der Waals surface area contributed by atoms with Crippen molar-refractivity contribution in [1.82, 2.24) is 10.6 Å². The molecule has 1 saturated heterocycles. The molecule has 1 atom stereocenters. The van der Waals surface area contributed by atoms with E-state index in [4.69, 9.17) is 0 Å². The van der Waals surface area contributed by atoms with Gasteiger partial charge in [0.2, 0.25) is 11.8 Å². The molecule has 2 aliphatic rings. The van der Waals surface area contributed by atoms with Crippen LogP contribution in [0.3, 0.4) is 0 Å². The first-order chi connectivity index (χ1) is 13.0. The first kappa shape index (κ1) is 20.2. The third-order valence-electron chi connectivity index (χ3n) is 5.86. The van der Waals surface area contributed by atoms with Crippen LogP contribution < -0.4 is 16.0 Å². The van der Waals surface area contributed by atoms with Crippen molar-refractivity contribution in [3.05, 3.63) is 29.3 Å². The lowest BCUT2D eigenvalue weighted by atomic mass is 9.84. The van der Waals surface area contributed by atoms with Crippen molar-refractivity contribution in [3.8, 4) is 0 Å². The Kier molecular flexibility index (Phi) is 6.82. The predicted octanol–water partition coefficient (Wildman–Crippen LogP) is 3.01. The zero-order chi connectivity index (χ0) is 19.3. The van der Waals surface area contributed by atoms with E-state index < -0.39 is 5.41 Å². The molecule has 148 valence electrons. The number of hydrogen-bond donors (Lipinski definition) is 3.